The molecule has 0 saturated heterocycles. The number of carbonyl (C=O) groups is 1. The van der Waals surface area contributed by atoms with Gasteiger partial charge in [-0.3, -0.25) is 4.98 Å². The summed E-state index contributed by atoms with van der Waals surface area (Å²) in [5.74, 6) is 0.131. The molecule has 0 aliphatic carbocycles. The zero-order valence-electron chi connectivity index (χ0n) is 14.9. The van der Waals surface area contributed by atoms with E-state index >= 15 is 0 Å². The van der Waals surface area contributed by atoms with E-state index in [1.165, 1.54) is 12.1 Å². The lowest BCUT2D eigenvalue weighted by molar-refractivity contribution is 0.200. The number of nitrogens with zero attached hydrogens (tertiary/aromatic N) is 3. The number of benzene rings is 1. The summed E-state index contributed by atoms with van der Waals surface area (Å²) in [6.45, 7) is 0.823. The van der Waals surface area contributed by atoms with Gasteiger partial charge >= 0.3 is 6.09 Å². The Balaban J connectivity index is 1.52. The minimum Gasteiger partial charge on any atom is -0.408 e. The Hall–Kier alpha value is -3.74. The van der Waals surface area contributed by atoms with Crippen LogP contribution in [0.4, 0.5) is 9.18 Å². The van der Waals surface area contributed by atoms with E-state index in [1.54, 1.807) is 43.0 Å². The number of pyridine rings is 2. The standard InChI is InChI=1S/C21H17FN4O2/c22-17-5-3-16(4-6-17)13-26-14-19(18-2-1-9-24-20(18)26)28-21(27)25-12-15-7-10-23-11-8-15/h1-11,14H,12-13H2,(H,25,27). The second kappa shape index (κ2) is 7.87. The minimum atomic E-state index is -0.554. The molecular weight excluding hydrogens is 359 g/mol. The van der Waals surface area contributed by atoms with Crippen molar-refractivity contribution in [3.63, 3.8) is 0 Å². The third kappa shape index (κ3) is 3.98. The zero-order valence-corrected chi connectivity index (χ0v) is 14.9. The Bertz CT molecular complexity index is 1090. The molecule has 0 atom stereocenters. The van der Waals surface area contributed by atoms with E-state index in [2.05, 4.69) is 15.3 Å². The van der Waals surface area contributed by atoms with Gasteiger partial charge in [0.05, 0.1) is 5.39 Å². The number of fused-ring (bicyclic) bond motifs is 1. The van der Waals surface area contributed by atoms with Crippen LogP contribution in [0.25, 0.3) is 11.0 Å². The SMILES string of the molecule is O=C(NCc1ccncc1)Oc1cn(Cc2ccc(F)cc2)c2ncccc12. The maximum Gasteiger partial charge on any atom is 0.412 e. The molecule has 0 fully saturated rings. The number of hydrogen-bond donors (Lipinski definition) is 1. The van der Waals surface area contributed by atoms with Gasteiger partial charge in [-0.15, -0.1) is 0 Å². The molecule has 0 bridgehead atoms. The quantitative estimate of drug-likeness (QED) is 0.573. The highest BCUT2D eigenvalue weighted by molar-refractivity contribution is 5.86. The summed E-state index contributed by atoms with van der Waals surface area (Å²) in [6.07, 6.45) is 6.18. The number of aromatic nitrogens is 3. The van der Waals surface area contributed by atoms with Crippen molar-refractivity contribution in [2.24, 2.45) is 0 Å². The highest BCUT2D eigenvalue weighted by Crippen LogP contribution is 2.27. The Morgan fingerprint density at radius 3 is 2.61 bits per heavy atom. The molecule has 1 aromatic carbocycles. The molecule has 3 heterocycles. The summed E-state index contributed by atoms with van der Waals surface area (Å²) in [4.78, 5) is 20.5. The molecule has 1 amide bonds. The van der Waals surface area contributed by atoms with E-state index in [0.717, 1.165) is 16.5 Å². The molecule has 0 saturated carbocycles. The number of halogens is 1. The van der Waals surface area contributed by atoms with Crippen molar-refractivity contribution < 1.29 is 13.9 Å². The van der Waals surface area contributed by atoms with Gasteiger partial charge in [0, 0.05) is 37.9 Å². The largest absolute Gasteiger partial charge is 0.412 e. The lowest BCUT2D eigenvalue weighted by Crippen LogP contribution is -2.26. The molecule has 6 nitrogen and oxygen atoms in total. The predicted octanol–water partition coefficient (Wildman–Crippen LogP) is 3.91. The Morgan fingerprint density at radius 2 is 1.82 bits per heavy atom. The molecule has 0 radical (unpaired) electrons. The number of nitrogens with one attached hydrogen (secondary N) is 1. The number of carbonyl (C=O) groups excluding carboxylic acids is 1. The van der Waals surface area contributed by atoms with E-state index in [4.69, 9.17) is 4.74 Å². The number of rotatable bonds is 5. The average molecular weight is 376 g/mol. The Morgan fingerprint density at radius 1 is 1.04 bits per heavy atom. The van der Waals surface area contributed by atoms with E-state index in [0.29, 0.717) is 24.5 Å². The van der Waals surface area contributed by atoms with Gasteiger partial charge in [0.1, 0.15) is 11.5 Å². The highest BCUT2D eigenvalue weighted by atomic mass is 19.1. The summed E-state index contributed by atoms with van der Waals surface area (Å²) in [6, 6.07) is 13.5. The fraction of sp³-hybridized carbons (Fsp3) is 0.0952. The summed E-state index contributed by atoms with van der Waals surface area (Å²) in [5.41, 5.74) is 2.52. The molecule has 28 heavy (non-hydrogen) atoms. The fourth-order valence-corrected chi connectivity index (χ4v) is 2.89. The van der Waals surface area contributed by atoms with Crippen LogP contribution in [-0.2, 0) is 13.1 Å². The Kier molecular flexibility index (Phi) is 4.97. The molecular formula is C21H17FN4O2. The van der Waals surface area contributed by atoms with Gasteiger partial charge in [-0.25, -0.2) is 14.2 Å². The van der Waals surface area contributed by atoms with Crippen LogP contribution in [0, 0.1) is 5.82 Å². The summed E-state index contributed by atoms with van der Waals surface area (Å²) >= 11 is 0. The zero-order chi connectivity index (χ0) is 19.3. The number of ether oxygens (including phenoxy) is 1. The third-order valence-electron chi connectivity index (χ3n) is 4.25. The van der Waals surface area contributed by atoms with Crippen molar-refractivity contribution in [3.8, 4) is 5.75 Å². The van der Waals surface area contributed by atoms with Gasteiger partial charge in [-0.05, 0) is 47.5 Å². The topological polar surface area (TPSA) is 69.0 Å². The van der Waals surface area contributed by atoms with Crippen LogP contribution in [0.15, 0.2) is 73.3 Å². The normalized spacial score (nSPS) is 10.8. The lowest BCUT2D eigenvalue weighted by atomic mass is 10.2. The first-order valence-electron chi connectivity index (χ1n) is 8.72. The van der Waals surface area contributed by atoms with Crippen LogP contribution in [0.1, 0.15) is 11.1 Å². The van der Waals surface area contributed by atoms with Crippen LogP contribution in [0.5, 0.6) is 5.75 Å². The summed E-state index contributed by atoms with van der Waals surface area (Å²) in [7, 11) is 0. The molecule has 0 aliphatic heterocycles. The molecule has 3 aromatic heterocycles. The van der Waals surface area contributed by atoms with Gasteiger partial charge in [0.2, 0.25) is 0 Å². The molecule has 0 unspecified atom stereocenters. The van der Waals surface area contributed by atoms with E-state index in [1.807, 2.05) is 22.8 Å². The molecule has 1 N–H and O–H groups in total. The maximum absolute atomic E-state index is 13.1. The van der Waals surface area contributed by atoms with Gasteiger partial charge < -0.3 is 14.6 Å². The molecule has 0 aliphatic rings. The summed E-state index contributed by atoms with van der Waals surface area (Å²) < 4.78 is 20.5. The van der Waals surface area contributed by atoms with Crippen molar-refractivity contribution in [2.45, 2.75) is 13.1 Å². The van der Waals surface area contributed by atoms with Gasteiger partial charge in [-0.2, -0.15) is 0 Å². The van der Waals surface area contributed by atoms with E-state index in [9.17, 15) is 9.18 Å². The first kappa shape index (κ1) is 17.7. The van der Waals surface area contributed by atoms with E-state index in [-0.39, 0.29) is 5.82 Å². The number of hydrogen-bond acceptors (Lipinski definition) is 4. The summed E-state index contributed by atoms with van der Waals surface area (Å²) in [5, 5.41) is 3.44. The maximum atomic E-state index is 13.1. The van der Waals surface area contributed by atoms with Crippen LogP contribution in [-0.4, -0.2) is 20.6 Å². The first-order valence-corrected chi connectivity index (χ1v) is 8.72. The average Bonchev–Trinajstić information content (AvgIpc) is 3.06. The second-order valence-electron chi connectivity index (χ2n) is 6.22. The van der Waals surface area contributed by atoms with Crippen molar-refractivity contribution in [2.75, 3.05) is 0 Å². The van der Waals surface area contributed by atoms with Crippen LogP contribution in [0.3, 0.4) is 0 Å². The smallest absolute Gasteiger partial charge is 0.408 e. The van der Waals surface area contributed by atoms with Gasteiger partial charge in [0.15, 0.2) is 5.75 Å². The fourth-order valence-electron chi connectivity index (χ4n) is 2.89. The first-order chi connectivity index (χ1) is 13.7. The molecule has 4 aromatic rings. The van der Waals surface area contributed by atoms with Crippen molar-refractivity contribution in [1.29, 1.82) is 0 Å². The van der Waals surface area contributed by atoms with Crippen molar-refractivity contribution in [1.82, 2.24) is 19.9 Å². The predicted molar refractivity (Wildman–Crippen MR) is 102 cm³/mol. The molecule has 7 heteroatoms. The van der Waals surface area contributed by atoms with Gasteiger partial charge in [-0.1, -0.05) is 12.1 Å². The molecule has 140 valence electrons. The lowest BCUT2D eigenvalue weighted by Gasteiger charge is -2.05. The highest BCUT2D eigenvalue weighted by Gasteiger charge is 2.14. The van der Waals surface area contributed by atoms with Crippen molar-refractivity contribution >= 4 is 17.1 Å². The van der Waals surface area contributed by atoms with Crippen molar-refractivity contribution in [3.05, 3.63) is 90.3 Å². The third-order valence-corrected chi connectivity index (χ3v) is 4.25. The monoisotopic (exact) mass is 376 g/mol. The Labute approximate surface area is 160 Å². The minimum absolute atomic E-state index is 0.283. The van der Waals surface area contributed by atoms with E-state index < -0.39 is 6.09 Å². The van der Waals surface area contributed by atoms with Crippen LogP contribution < -0.4 is 10.1 Å². The molecule has 4 rings (SSSR count). The molecule has 0 spiro atoms. The second-order valence-corrected chi connectivity index (χ2v) is 6.22. The van der Waals surface area contributed by atoms with Crippen LogP contribution in [0.2, 0.25) is 0 Å². The van der Waals surface area contributed by atoms with Gasteiger partial charge in [0.25, 0.3) is 0 Å². The number of amides is 1. The van der Waals surface area contributed by atoms with Crippen LogP contribution >= 0.6 is 0 Å².